The second kappa shape index (κ2) is 6.87. The predicted octanol–water partition coefficient (Wildman–Crippen LogP) is 2.22. The number of carbonyl (C=O) groups excluding carboxylic acids is 2. The second-order valence-electron chi connectivity index (χ2n) is 6.90. The summed E-state index contributed by atoms with van der Waals surface area (Å²) < 4.78 is 18.2. The highest BCUT2D eigenvalue weighted by Crippen LogP contribution is 2.29. The van der Waals surface area contributed by atoms with Crippen molar-refractivity contribution >= 4 is 23.4 Å². The van der Waals surface area contributed by atoms with Gasteiger partial charge in [0, 0.05) is 23.6 Å². The van der Waals surface area contributed by atoms with Gasteiger partial charge in [0.25, 0.3) is 0 Å². The van der Waals surface area contributed by atoms with Gasteiger partial charge in [-0.1, -0.05) is 19.0 Å². The van der Waals surface area contributed by atoms with Gasteiger partial charge in [0.15, 0.2) is 0 Å². The van der Waals surface area contributed by atoms with Crippen LogP contribution in [-0.4, -0.2) is 34.7 Å². The van der Waals surface area contributed by atoms with Crippen LogP contribution in [0.5, 0.6) is 0 Å². The molecule has 8 heteroatoms. The quantitative estimate of drug-likeness (QED) is 0.851. The first-order valence-corrected chi connectivity index (χ1v) is 8.28. The van der Waals surface area contributed by atoms with E-state index in [-0.39, 0.29) is 24.8 Å². The van der Waals surface area contributed by atoms with Crippen LogP contribution in [0, 0.1) is 5.82 Å². The summed E-state index contributed by atoms with van der Waals surface area (Å²) in [5.74, 6) is -0.881. The van der Waals surface area contributed by atoms with Crippen LogP contribution in [-0.2, 0) is 15.0 Å². The van der Waals surface area contributed by atoms with Crippen molar-refractivity contribution in [2.75, 3.05) is 16.8 Å². The Bertz CT molecular complexity index is 816. The summed E-state index contributed by atoms with van der Waals surface area (Å²) in [5.41, 5.74) is 0.373. The van der Waals surface area contributed by atoms with Crippen molar-refractivity contribution in [3.05, 3.63) is 41.8 Å². The van der Waals surface area contributed by atoms with Gasteiger partial charge in [0.05, 0.1) is 12.3 Å². The van der Waals surface area contributed by atoms with Crippen molar-refractivity contribution in [1.29, 1.82) is 0 Å². The summed E-state index contributed by atoms with van der Waals surface area (Å²) in [6, 6.07) is 6.26. The molecule has 3 rings (SSSR count). The zero-order valence-corrected chi connectivity index (χ0v) is 14.5. The lowest BCUT2D eigenvalue weighted by Crippen LogP contribution is -2.41. The molecule has 1 atom stereocenters. The van der Waals surface area contributed by atoms with E-state index in [1.807, 2.05) is 0 Å². The number of nitrogens with one attached hydrogen (secondary N) is 1. The summed E-state index contributed by atoms with van der Waals surface area (Å²) in [6.45, 7) is 3.47. The molecule has 2 aromatic rings. The lowest BCUT2D eigenvalue weighted by atomic mass is 9.91. The number of hydrogen-bond acceptors (Lipinski definition) is 5. The standard InChI is InChI=1S/C18H20FN3O4/c1-18(2,10-23)14-9-15(26-21-14)20-17(25)13-7-8-16(24)22(13)12-5-3-11(19)4-6-12/h3-6,9,13,23H,7-8,10H2,1-2H3,(H,20,25)/t13-/m0/s1. The molecule has 0 saturated carbocycles. The second-order valence-corrected chi connectivity index (χ2v) is 6.90. The molecule has 26 heavy (non-hydrogen) atoms. The summed E-state index contributed by atoms with van der Waals surface area (Å²) in [5, 5.41) is 15.9. The maximum atomic E-state index is 13.1. The van der Waals surface area contributed by atoms with Crippen LogP contribution in [0.25, 0.3) is 0 Å². The number of carbonyl (C=O) groups is 2. The van der Waals surface area contributed by atoms with Gasteiger partial charge in [0.1, 0.15) is 11.9 Å². The Morgan fingerprint density at radius 2 is 2.12 bits per heavy atom. The molecule has 0 spiro atoms. The van der Waals surface area contributed by atoms with Crippen molar-refractivity contribution in [3.8, 4) is 0 Å². The molecule has 0 unspecified atom stereocenters. The Morgan fingerprint density at radius 3 is 2.77 bits per heavy atom. The monoisotopic (exact) mass is 361 g/mol. The molecule has 0 aliphatic carbocycles. The first-order chi connectivity index (χ1) is 12.3. The fourth-order valence-electron chi connectivity index (χ4n) is 2.80. The van der Waals surface area contributed by atoms with E-state index in [2.05, 4.69) is 10.5 Å². The third kappa shape index (κ3) is 3.45. The number of rotatable bonds is 5. The zero-order chi connectivity index (χ0) is 18.9. The lowest BCUT2D eigenvalue weighted by Gasteiger charge is -2.23. The molecular weight excluding hydrogens is 341 g/mol. The van der Waals surface area contributed by atoms with E-state index in [0.29, 0.717) is 17.8 Å². The van der Waals surface area contributed by atoms with Gasteiger partial charge in [-0.2, -0.15) is 0 Å². The largest absolute Gasteiger partial charge is 0.395 e. The smallest absolute Gasteiger partial charge is 0.249 e. The molecule has 0 bridgehead atoms. The minimum absolute atomic E-state index is 0.123. The number of aromatic nitrogens is 1. The van der Waals surface area contributed by atoms with E-state index in [0.717, 1.165) is 0 Å². The summed E-state index contributed by atoms with van der Waals surface area (Å²) in [7, 11) is 0. The minimum atomic E-state index is -0.715. The zero-order valence-electron chi connectivity index (χ0n) is 14.5. The molecule has 138 valence electrons. The molecule has 1 aromatic heterocycles. The molecule has 2 N–H and O–H groups in total. The summed E-state index contributed by atoms with van der Waals surface area (Å²) >= 11 is 0. The van der Waals surface area contributed by atoms with E-state index >= 15 is 0 Å². The first kappa shape index (κ1) is 18.1. The van der Waals surface area contributed by atoms with E-state index in [1.54, 1.807) is 19.9 Å². The predicted molar refractivity (Wildman–Crippen MR) is 92.2 cm³/mol. The van der Waals surface area contributed by atoms with Crippen LogP contribution >= 0.6 is 0 Å². The van der Waals surface area contributed by atoms with Gasteiger partial charge in [0.2, 0.25) is 17.7 Å². The van der Waals surface area contributed by atoms with Crippen molar-refractivity contribution in [1.82, 2.24) is 5.16 Å². The fourth-order valence-corrected chi connectivity index (χ4v) is 2.80. The summed E-state index contributed by atoms with van der Waals surface area (Å²) in [6.07, 6.45) is 0.583. The van der Waals surface area contributed by atoms with Gasteiger partial charge in [-0.15, -0.1) is 0 Å². The third-order valence-electron chi connectivity index (χ3n) is 4.46. The van der Waals surface area contributed by atoms with Crippen LogP contribution < -0.4 is 10.2 Å². The van der Waals surface area contributed by atoms with Gasteiger partial charge in [-0.05, 0) is 30.7 Å². The number of aliphatic hydroxyl groups excluding tert-OH is 1. The van der Waals surface area contributed by atoms with Crippen molar-refractivity contribution in [3.63, 3.8) is 0 Å². The van der Waals surface area contributed by atoms with E-state index < -0.39 is 23.2 Å². The normalized spacial score (nSPS) is 17.6. The Labute approximate surface area is 149 Å². The minimum Gasteiger partial charge on any atom is -0.395 e. The molecular formula is C18H20FN3O4. The number of nitrogens with zero attached hydrogens (tertiary/aromatic N) is 2. The highest BCUT2D eigenvalue weighted by atomic mass is 19.1. The molecule has 1 saturated heterocycles. The lowest BCUT2D eigenvalue weighted by molar-refractivity contribution is -0.120. The van der Waals surface area contributed by atoms with E-state index in [9.17, 15) is 19.1 Å². The number of hydrogen-bond donors (Lipinski definition) is 2. The summed E-state index contributed by atoms with van der Waals surface area (Å²) in [4.78, 5) is 26.2. The molecule has 1 aliphatic rings. The Morgan fingerprint density at radius 1 is 1.42 bits per heavy atom. The number of amides is 2. The highest BCUT2D eigenvalue weighted by molar-refractivity contribution is 6.07. The van der Waals surface area contributed by atoms with Crippen molar-refractivity contribution < 1.29 is 23.6 Å². The maximum Gasteiger partial charge on any atom is 0.249 e. The van der Waals surface area contributed by atoms with Gasteiger partial charge < -0.3 is 9.63 Å². The van der Waals surface area contributed by atoms with Crippen LogP contribution in [0.1, 0.15) is 32.4 Å². The molecule has 7 nitrogen and oxygen atoms in total. The van der Waals surface area contributed by atoms with E-state index in [1.165, 1.54) is 29.2 Å². The average molecular weight is 361 g/mol. The number of benzene rings is 1. The SMILES string of the molecule is CC(C)(CO)c1cc(NC(=O)[C@@H]2CCC(=O)N2c2ccc(F)cc2)on1. The van der Waals surface area contributed by atoms with Crippen LogP contribution in [0.2, 0.25) is 0 Å². The van der Waals surface area contributed by atoms with Crippen LogP contribution in [0.4, 0.5) is 16.0 Å². The number of aliphatic hydroxyl groups is 1. The van der Waals surface area contributed by atoms with E-state index in [4.69, 9.17) is 4.52 Å². The van der Waals surface area contributed by atoms with Gasteiger partial charge in [-0.3, -0.25) is 19.8 Å². The molecule has 1 aromatic carbocycles. The van der Waals surface area contributed by atoms with Crippen molar-refractivity contribution in [2.45, 2.75) is 38.1 Å². The number of halogens is 1. The molecule has 0 radical (unpaired) electrons. The highest BCUT2D eigenvalue weighted by Gasteiger charge is 2.37. The average Bonchev–Trinajstić information content (AvgIpc) is 3.23. The Kier molecular flexibility index (Phi) is 4.78. The van der Waals surface area contributed by atoms with Crippen molar-refractivity contribution in [2.24, 2.45) is 0 Å². The van der Waals surface area contributed by atoms with Gasteiger partial charge >= 0.3 is 0 Å². The Balaban J connectivity index is 1.76. The third-order valence-corrected chi connectivity index (χ3v) is 4.46. The molecule has 1 aliphatic heterocycles. The van der Waals surface area contributed by atoms with Crippen LogP contribution in [0.3, 0.4) is 0 Å². The maximum absolute atomic E-state index is 13.1. The fraction of sp³-hybridized carbons (Fsp3) is 0.389. The van der Waals surface area contributed by atoms with Crippen LogP contribution in [0.15, 0.2) is 34.9 Å². The topological polar surface area (TPSA) is 95.7 Å². The molecule has 2 amide bonds. The Hall–Kier alpha value is -2.74. The number of anilines is 2. The first-order valence-electron chi connectivity index (χ1n) is 8.28. The molecule has 1 fully saturated rings. The van der Waals surface area contributed by atoms with Gasteiger partial charge in [-0.25, -0.2) is 4.39 Å². The molecule has 2 heterocycles.